The van der Waals surface area contributed by atoms with Crippen LogP contribution in [-0.2, 0) is 9.53 Å². The van der Waals surface area contributed by atoms with Crippen molar-refractivity contribution in [2.75, 3.05) is 13.2 Å². The highest BCUT2D eigenvalue weighted by molar-refractivity contribution is 7.12. The highest BCUT2D eigenvalue weighted by Crippen LogP contribution is 2.21. The van der Waals surface area contributed by atoms with E-state index in [9.17, 15) is 14.4 Å². The van der Waals surface area contributed by atoms with Crippen LogP contribution in [0.25, 0.3) is 0 Å². The predicted octanol–water partition coefficient (Wildman–Crippen LogP) is 2.00. The van der Waals surface area contributed by atoms with Crippen molar-refractivity contribution in [3.63, 3.8) is 0 Å². The van der Waals surface area contributed by atoms with Crippen LogP contribution in [0.4, 0.5) is 4.79 Å². The van der Waals surface area contributed by atoms with Gasteiger partial charge in [-0.15, -0.1) is 11.3 Å². The second kappa shape index (κ2) is 7.78. The molecule has 0 bridgehead atoms. The molecule has 1 aromatic rings. The molecule has 0 fully saturated rings. The van der Waals surface area contributed by atoms with E-state index in [1.807, 2.05) is 27.7 Å². The minimum atomic E-state index is -0.658. The van der Waals surface area contributed by atoms with Crippen LogP contribution in [0.3, 0.4) is 0 Å². The number of hydrogen-bond donors (Lipinski definition) is 2. The minimum absolute atomic E-state index is 0.286. The van der Waals surface area contributed by atoms with Crippen LogP contribution in [0.5, 0.6) is 0 Å². The lowest BCUT2D eigenvalue weighted by atomic mass is 10.2. The summed E-state index contributed by atoms with van der Waals surface area (Å²) >= 11 is 1.49. The summed E-state index contributed by atoms with van der Waals surface area (Å²) in [7, 11) is 0. The van der Waals surface area contributed by atoms with Crippen molar-refractivity contribution in [1.29, 1.82) is 0 Å². The standard InChI is InChI=1S/C14H20N2O4S/c1-8(2)6-15-14(19)16-12(17)7-20-13(18)11-5-9(3)21-10(11)4/h5,8H,6-7H2,1-4H3,(H2,15,16,17,19). The van der Waals surface area contributed by atoms with Gasteiger partial charge in [0.1, 0.15) is 0 Å². The third-order valence-corrected chi connectivity index (χ3v) is 3.48. The van der Waals surface area contributed by atoms with Crippen molar-refractivity contribution in [1.82, 2.24) is 10.6 Å². The number of ether oxygens (including phenoxy) is 1. The van der Waals surface area contributed by atoms with Crippen molar-refractivity contribution < 1.29 is 19.1 Å². The molecule has 0 spiro atoms. The van der Waals surface area contributed by atoms with Crippen molar-refractivity contribution in [3.8, 4) is 0 Å². The largest absolute Gasteiger partial charge is 0.452 e. The van der Waals surface area contributed by atoms with E-state index >= 15 is 0 Å². The van der Waals surface area contributed by atoms with Gasteiger partial charge in [0.2, 0.25) is 0 Å². The number of thiophene rings is 1. The Morgan fingerprint density at radius 3 is 2.48 bits per heavy atom. The summed E-state index contributed by atoms with van der Waals surface area (Å²) in [5.74, 6) is -0.933. The first-order chi connectivity index (χ1) is 9.79. The first kappa shape index (κ1) is 17.2. The van der Waals surface area contributed by atoms with Crippen LogP contribution in [0, 0.1) is 19.8 Å². The summed E-state index contributed by atoms with van der Waals surface area (Å²) in [6.07, 6.45) is 0. The summed E-state index contributed by atoms with van der Waals surface area (Å²) in [4.78, 5) is 36.5. The molecule has 1 aromatic heterocycles. The van der Waals surface area contributed by atoms with Gasteiger partial charge in [-0.1, -0.05) is 13.8 Å². The fourth-order valence-corrected chi connectivity index (χ4v) is 2.46. The molecule has 0 radical (unpaired) electrons. The van der Waals surface area contributed by atoms with Crippen molar-refractivity contribution in [2.24, 2.45) is 5.92 Å². The summed E-state index contributed by atoms with van der Waals surface area (Å²) in [5, 5.41) is 4.63. The smallest absolute Gasteiger partial charge is 0.339 e. The Bertz CT molecular complexity index is 537. The molecule has 3 amide bonds. The van der Waals surface area contributed by atoms with Gasteiger partial charge in [-0.25, -0.2) is 9.59 Å². The number of hydrogen-bond acceptors (Lipinski definition) is 5. The molecule has 0 atom stereocenters. The van der Waals surface area contributed by atoms with Gasteiger partial charge in [0, 0.05) is 16.3 Å². The third kappa shape index (κ3) is 5.95. The number of urea groups is 1. The minimum Gasteiger partial charge on any atom is -0.452 e. The predicted molar refractivity (Wildman–Crippen MR) is 80.5 cm³/mol. The van der Waals surface area contributed by atoms with Crippen LogP contribution in [-0.4, -0.2) is 31.1 Å². The Morgan fingerprint density at radius 1 is 1.29 bits per heavy atom. The SMILES string of the molecule is Cc1cc(C(=O)OCC(=O)NC(=O)NCC(C)C)c(C)s1. The Labute approximate surface area is 127 Å². The lowest BCUT2D eigenvalue weighted by molar-refractivity contribution is -0.123. The van der Waals surface area contributed by atoms with Gasteiger partial charge in [0.25, 0.3) is 5.91 Å². The molecule has 7 heteroatoms. The molecule has 6 nitrogen and oxygen atoms in total. The number of nitrogens with one attached hydrogen (secondary N) is 2. The lowest BCUT2D eigenvalue weighted by Crippen LogP contribution is -2.42. The molecule has 0 aromatic carbocycles. The molecule has 2 N–H and O–H groups in total. The van der Waals surface area contributed by atoms with Crippen LogP contribution >= 0.6 is 11.3 Å². The molecule has 116 valence electrons. The van der Waals surface area contributed by atoms with Gasteiger partial charge >= 0.3 is 12.0 Å². The monoisotopic (exact) mass is 312 g/mol. The molecule has 0 aliphatic heterocycles. The fourth-order valence-electron chi connectivity index (χ4n) is 1.55. The summed E-state index contributed by atoms with van der Waals surface area (Å²) in [6.45, 7) is 7.56. The Hall–Kier alpha value is -1.89. The van der Waals surface area contributed by atoms with Crippen LogP contribution in [0.1, 0.15) is 34.0 Å². The third-order valence-electron chi connectivity index (χ3n) is 2.52. The van der Waals surface area contributed by atoms with E-state index in [-0.39, 0.29) is 5.92 Å². The summed E-state index contributed by atoms with van der Waals surface area (Å²) < 4.78 is 4.89. The second-order valence-corrected chi connectivity index (χ2v) is 6.52. The maximum atomic E-state index is 11.8. The number of imide groups is 1. The molecular weight excluding hydrogens is 292 g/mol. The van der Waals surface area contributed by atoms with E-state index in [1.54, 1.807) is 6.07 Å². The molecule has 1 rings (SSSR count). The van der Waals surface area contributed by atoms with Gasteiger partial charge in [-0.05, 0) is 25.8 Å². The highest BCUT2D eigenvalue weighted by Gasteiger charge is 2.16. The number of carbonyl (C=O) groups excluding carboxylic acids is 3. The van der Waals surface area contributed by atoms with Gasteiger partial charge in [0.15, 0.2) is 6.61 Å². The van der Waals surface area contributed by atoms with Crippen LogP contribution in [0.15, 0.2) is 6.07 Å². The number of aryl methyl sites for hydroxylation is 2. The fraction of sp³-hybridized carbons (Fsp3) is 0.500. The first-order valence-electron chi connectivity index (χ1n) is 6.61. The normalized spacial score (nSPS) is 10.3. The molecule has 0 aliphatic rings. The van der Waals surface area contributed by atoms with E-state index in [0.29, 0.717) is 12.1 Å². The summed E-state index contributed by atoms with van der Waals surface area (Å²) in [5.41, 5.74) is 0.453. The Morgan fingerprint density at radius 2 is 1.95 bits per heavy atom. The number of carbonyl (C=O) groups is 3. The molecule has 0 saturated carbocycles. The zero-order chi connectivity index (χ0) is 16.0. The van der Waals surface area contributed by atoms with Crippen molar-refractivity contribution in [3.05, 3.63) is 21.4 Å². The van der Waals surface area contributed by atoms with Crippen molar-refractivity contribution in [2.45, 2.75) is 27.7 Å². The molecular formula is C14H20N2O4S. The second-order valence-electron chi connectivity index (χ2n) is 5.06. The topological polar surface area (TPSA) is 84.5 Å². The van der Waals surface area contributed by atoms with Crippen LogP contribution in [0.2, 0.25) is 0 Å². The van der Waals surface area contributed by atoms with Gasteiger partial charge in [-0.2, -0.15) is 0 Å². The van der Waals surface area contributed by atoms with E-state index < -0.39 is 24.5 Å². The maximum Gasteiger partial charge on any atom is 0.339 e. The average molecular weight is 312 g/mol. The number of rotatable bonds is 5. The molecule has 21 heavy (non-hydrogen) atoms. The molecule has 0 unspecified atom stereocenters. The number of amides is 3. The Balaban J connectivity index is 2.37. The zero-order valence-corrected chi connectivity index (χ0v) is 13.4. The van der Waals surface area contributed by atoms with Crippen molar-refractivity contribution >= 4 is 29.2 Å². The molecule has 0 saturated heterocycles. The molecule has 1 heterocycles. The van der Waals surface area contributed by atoms with E-state index in [4.69, 9.17) is 4.74 Å². The first-order valence-corrected chi connectivity index (χ1v) is 7.43. The van der Waals surface area contributed by atoms with E-state index in [0.717, 1.165) is 9.75 Å². The lowest BCUT2D eigenvalue weighted by Gasteiger charge is -2.08. The van der Waals surface area contributed by atoms with E-state index in [1.165, 1.54) is 11.3 Å². The summed E-state index contributed by atoms with van der Waals surface area (Å²) in [6, 6.07) is 1.13. The number of esters is 1. The van der Waals surface area contributed by atoms with Gasteiger partial charge < -0.3 is 10.1 Å². The van der Waals surface area contributed by atoms with Gasteiger partial charge in [-0.3, -0.25) is 10.1 Å². The van der Waals surface area contributed by atoms with Crippen LogP contribution < -0.4 is 10.6 Å². The molecule has 0 aliphatic carbocycles. The van der Waals surface area contributed by atoms with Gasteiger partial charge in [0.05, 0.1) is 5.56 Å². The average Bonchev–Trinajstić information content (AvgIpc) is 2.72. The quantitative estimate of drug-likeness (QED) is 0.815. The highest BCUT2D eigenvalue weighted by atomic mass is 32.1. The van der Waals surface area contributed by atoms with E-state index in [2.05, 4.69) is 10.6 Å². The zero-order valence-electron chi connectivity index (χ0n) is 12.6. The maximum absolute atomic E-state index is 11.8. The Kier molecular flexibility index (Phi) is 6.36.